The summed E-state index contributed by atoms with van der Waals surface area (Å²) in [5.41, 5.74) is 2.51. The van der Waals surface area contributed by atoms with Gasteiger partial charge in [0, 0.05) is 60.6 Å². The average molecular weight is 623 g/mol. The molecule has 2 heterocycles. The molecule has 1 aliphatic heterocycles. The normalized spacial score (nSPS) is 15.1. The molecular weight excluding hydrogens is 581 g/mol. The number of likely N-dealkylation sites (tertiary alicyclic amines) is 1. The first-order chi connectivity index (χ1) is 21.4. The van der Waals surface area contributed by atoms with E-state index in [-0.39, 0.29) is 5.56 Å². The standard InChI is InChI=1S/C33H41F3N8O/c1-7-38-30(17-23(3)37-4)44-31(20-27(41-44)21-43(6)28-13-15-42(5)16-14-28)40-29-19-26(12-11-22(29)2)39-32(45)24-9-8-10-25(18-24)33(34,35)36/h7-12,17-20,28,37,40H,3,13-16,21H2,1-2,4-6H3,(H,39,45)/b30-17+,38-7-. The fourth-order valence-corrected chi connectivity index (χ4v) is 5.12. The molecule has 3 N–H and O–H groups in total. The molecule has 1 aliphatic rings. The summed E-state index contributed by atoms with van der Waals surface area (Å²) in [5.74, 6) is 0.541. The maximum Gasteiger partial charge on any atom is 0.416 e. The first-order valence-electron chi connectivity index (χ1n) is 14.8. The van der Waals surface area contributed by atoms with E-state index in [1.807, 2.05) is 26.0 Å². The minimum Gasteiger partial charge on any atom is -0.388 e. The summed E-state index contributed by atoms with van der Waals surface area (Å²) in [6, 6.07) is 12.0. The van der Waals surface area contributed by atoms with Gasteiger partial charge in [0.25, 0.3) is 5.91 Å². The number of halogens is 3. The Morgan fingerprint density at radius 1 is 1.18 bits per heavy atom. The SMILES string of the molecule is C=C(/C=C(\N=C/C)n1nc(CN(C)C2CCN(C)CC2)cc1Nc1cc(NC(=O)c2cccc(C(F)(F)F)c2)ccc1C)NC. The van der Waals surface area contributed by atoms with Crippen molar-refractivity contribution in [2.24, 2.45) is 4.99 Å². The number of alkyl halides is 3. The summed E-state index contributed by atoms with van der Waals surface area (Å²) < 4.78 is 41.3. The van der Waals surface area contributed by atoms with Crippen LogP contribution in [0.5, 0.6) is 0 Å². The van der Waals surface area contributed by atoms with Crippen molar-refractivity contribution < 1.29 is 18.0 Å². The Bertz CT molecular complexity index is 1570. The van der Waals surface area contributed by atoms with E-state index in [4.69, 9.17) is 5.10 Å². The maximum absolute atomic E-state index is 13.2. The molecule has 1 fully saturated rings. The summed E-state index contributed by atoms with van der Waals surface area (Å²) in [6.45, 7) is 10.5. The molecule has 0 saturated carbocycles. The summed E-state index contributed by atoms with van der Waals surface area (Å²) >= 11 is 0. The Morgan fingerprint density at radius 3 is 2.58 bits per heavy atom. The number of nitrogens with zero attached hydrogens (tertiary/aromatic N) is 5. The lowest BCUT2D eigenvalue weighted by molar-refractivity contribution is -0.137. The van der Waals surface area contributed by atoms with Crippen molar-refractivity contribution in [3.63, 3.8) is 0 Å². The van der Waals surface area contributed by atoms with E-state index in [0.717, 1.165) is 49.3 Å². The van der Waals surface area contributed by atoms with Gasteiger partial charge in [0.15, 0.2) is 5.82 Å². The lowest BCUT2D eigenvalue weighted by Gasteiger charge is -2.34. The highest BCUT2D eigenvalue weighted by Gasteiger charge is 2.31. The van der Waals surface area contributed by atoms with Crippen LogP contribution in [0.2, 0.25) is 0 Å². The van der Waals surface area contributed by atoms with E-state index in [1.165, 1.54) is 12.1 Å². The van der Waals surface area contributed by atoms with Crippen LogP contribution in [0, 0.1) is 6.92 Å². The van der Waals surface area contributed by atoms with Crippen molar-refractivity contribution in [2.75, 3.05) is 44.9 Å². The third kappa shape index (κ3) is 8.83. The molecule has 4 rings (SSSR count). The predicted molar refractivity (Wildman–Crippen MR) is 175 cm³/mol. The number of hydrogen-bond donors (Lipinski definition) is 3. The monoisotopic (exact) mass is 622 g/mol. The molecule has 2 aromatic carbocycles. The molecule has 0 atom stereocenters. The molecule has 1 amide bonds. The third-order valence-corrected chi connectivity index (χ3v) is 7.80. The fourth-order valence-electron chi connectivity index (χ4n) is 5.12. The van der Waals surface area contributed by atoms with Crippen LogP contribution in [0.3, 0.4) is 0 Å². The molecule has 1 aromatic heterocycles. The Hall–Kier alpha value is -4.42. The minimum absolute atomic E-state index is 0.0895. The first kappa shape index (κ1) is 33.5. The number of amides is 1. The second-order valence-corrected chi connectivity index (χ2v) is 11.2. The van der Waals surface area contributed by atoms with Crippen LogP contribution < -0.4 is 16.0 Å². The zero-order chi connectivity index (χ0) is 32.7. The van der Waals surface area contributed by atoms with Gasteiger partial charge in [0.2, 0.25) is 0 Å². The van der Waals surface area contributed by atoms with Crippen molar-refractivity contribution >= 4 is 35.1 Å². The van der Waals surface area contributed by atoms with Crippen LogP contribution >= 0.6 is 0 Å². The van der Waals surface area contributed by atoms with Crippen LogP contribution in [0.4, 0.5) is 30.4 Å². The van der Waals surface area contributed by atoms with E-state index in [2.05, 4.69) is 51.4 Å². The van der Waals surface area contributed by atoms with Crippen molar-refractivity contribution in [3.8, 4) is 0 Å². The average Bonchev–Trinajstić information content (AvgIpc) is 3.40. The highest BCUT2D eigenvalue weighted by Crippen LogP contribution is 2.31. The number of piperidine rings is 1. The van der Waals surface area contributed by atoms with Crippen LogP contribution in [-0.4, -0.2) is 72.0 Å². The van der Waals surface area contributed by atoms with Gasteiger partial charge in [-0.1, -0.05) is 18.7 Å². The fraction of sp³-hybridized carbons (Fsp3) is 0.364. The molecule has 12 heteroatoms. The number of allylic oxidation sites excluding steroid dienone is 1. The number of anilines is 3. The molecule has 0 aliphatic carbocycles. The number of likely N-dealkylation sites (N-methyl/N-ethyl adjacent to an activating group) is 1. The first-order valence-corrected chi connectivity index (χ1v) is 14.8. The maximum atomic E-state index is 13.2. The van der Waals surface area contributed by atoms with Gasteiger partial charge in [0.05, 0.1) is 11.3 Å². The van der Waals surface area contributed by atoms with Gasteiger partial charge in [-0.15, -0.1) is 0 Å². The van der Waals surface area contributed by atoms with Gasteiger partial charge < -0.3 is 20.9 Å². The van der Waals surface area contributed by atoms with Crippen LogP contribution in [-0.2, 0) is 12.7 Å². The van der Waals surface area contributed by atoms with Crippen LogP contribution in [0.15, 0.2) is 71.9 Å². The summed E-state index contributed by atoms with van der Waals surface area (Å²) in [6.07, 6.45) is 1.10. The van der Waals surface area contributed by atoms with E-state index in [9.17, 15) is 18.0 Å². The molecule has 0 bridgehead atoms. The molecular formula is C33H41F3N8O. The number of benzene rings is 2. The van der Waals surface area contributed by atoms with Crippen molar-refractivity contribution in [2.45, 2.75) is 45.5 Å². The van der Waals surface area contributed by atoms with E-state index in [1.54, 1.807) is 36.2 Å². The van der Waals surface area contributed by atoms with Gasteiger partial charge >= 0.3 is 6.18 Å². The number of hydrogen-bond acceptors (Lipinski definition) is 7. The van der Waals surface area contributed by atoms with Gasteiger partial charge in [-0.3, -0.25) is 9.69 Å². The van der Waals surface area contributed by atoms with E-state index < -0.39 is 17.6 Å². The Balaban J connectivity index is 1.63. The molecule has 240 valence electrons. The number of aryl methyl sites for hydroxylation is 1. The molecule has 0 unspecified atom stereocenters. The smallest absolute Gasteiger partial charge is 0.388 e. The Kier molecular flexibility index (Phi) is 10.8. The molecule has 1 saturated heterocycles. The zero-order valence-electron chi connectivity index (χ0n) is 26.4. The summed E-state index contributed by atoms with van der Waals surface area (Å²) in [7, 11) is 6.04. The second kappa shape index (κ2) is 14.6. The lowest BCUT2D eigenvalue weighted by Crippen LogP contribution is -2.41. The lowest BCUT2D eigenvalue weighted by atomic mass is 10.0. The quantitative estimate of drug-likeness (QED) is 0.171. The van der Waals surface area contributed by atoms with Crippen molar-refractivity contribution in [3.05, 3.63) is 89.3 Å². The Labute approximate surface area is 262 Å². The molecule has 3 aromatic rings. The number of aromatic nitrogens is 2. The third-order valence-electron chi connectivity index (χ3n) is 7.80. The number of carbonyl (C=O) groups excluding carboxylic acids is 1. The number of aliphatic imine (C=N–C) groups is 1. The zero-order valence-corrected chi connectivity index (χ0v) is 26.4. The number of nitrogens with one attached hydrogen (secondary N) is 3. The topological polar surface area (TPSA) is 89.8 Å². The Morgan fingerprint density at radius 2 is 1.91 bits per heavy atom. The van der Waals surface area contributed by atoms with Gasteiger partial charge in [-0.05, 0) is 89.8 Å². The van der Waals surface area contributed by atoms with E-state index >= 15 is 0 Å². The summed E-state index contributed by atoms with van der Waals surface area (Å²) in [5, 5.41) is 14.1. The largest absolute Gasteiger partial charge is 0.416 e. The predicted octanol–water partition coefficient (Wildman–Crippen LogP) is 6.35. The van der Waals surface area contributed by atoms with Gasteiger partial charge in [-0.2, -0.15) is 23.0 Å². The van der Waals surface area contributed by atoms with Crippen molar-refractivity contribution in [1.29, 1.82) is 0 Å². The van der Waals surface area contributed by atoms with Gasteiger partial charge in [-0.25, -0.2) is 4.99 Å². The molecule has 0 radical (unpaired) electrons. The van der Waals surface area contributed by atoms with Gasteiger partial charge in [0.1, 0.15) is 5.82 Å². The second-order valence-electron chi connectivity index (χ2n) is 11.2. The minimum atomic E-state index is -4.55. The van der Waals surface area contributed by atoms with Crippen molar-refractivity contribution in [1.82, 2.24) is 24.9 Å². The molecule has 9 nitrogen and oxygen atoms in total. The highest BCUT2D eigenvalue weighted by atomic mass is 19.4. The number of carbonyl (C=O) groups is 1. The molecule has 45 heavy (non-hydrogen) atoms. The number of rotatable bonds is 11. The molecule has 0 spiro atoms. The summed E-state index contributed by atoms with van der Waals surface area (Å²) in [4.78, 5) is 22.1. The van der Waals surface area contributed by atoms with E-state index in [0.29, 0.717) is 41.3 Å². The van der Waals surface area contributed by atoms with Crippen LogP contribution in [0.1, 0.15) is 46.9 Å². The van der Waals surface area contributed by atoms with Crippen LogP contribution in [0.25, 0.3) is 5.82 Å². The highest BCUT2D eigenvalue weighted by molar-refractivity contribution is 6.04.